The van der Waals surface area contributed by atoms with Crippen LogP contribution < -0.4 is 10.2 Å². The maximum absolute atomic E-state index is 12.1. The first-order valence-corrected chi connectivity index (χ1v) is 9.25. The number of rotatable bonds is 6. The van der Waals surface area contributed by atoms with Crippen LogP contribution in [0.2, 0.25) is 0 Å². The van der Waals surface area contributed by atoms with Gasteiger partial charge in [0.05, 0.1) is 12.0 Å². The predicted molar refractivity (Wildman–Crippen MR) is 109 cm³/mol. The second-order valence-corrected chi connectivity index (χ2v) is 6.31. The van der Waals surface area contributed by atoms with Gasteiger partial charge < -0.3 is 14.6 Å². The topological polar surface area (TPSA) is 76.2 Å². The molecule has 2 heterocycles. The number of nitrogens with zero attached hydrogens (tertiary/aromatic N) is 4. The number of amides is 1. The number of carbonyl (C=O) groups is 1. The molecule has 0 radical (unpaired) electrons. The molecule has 142 valence electrons. The predicted octanol–water partition coefficient (Wildman–Crippen LogP) is 4.11. The SMILES string of the molecule is CCN(CC)c1ccc(-n2nc3ccc(NC(=O)c4ccco4)cc3n2)cc1. The van der Waals surface area contributed by atoms with E-state index in [0.717, 1.165) is 24.3 Å². The van der Waals surface area contributed by atoms with Crippen molar-refractivity contribution in [2.75, 3.05) is 23.3 Å². The van der Waals surface area contributed by atoms with E-state index in [2.05, 4.69) is 46.4 Å². The molecule has 0 spiro atoms. The normalized spacial score (nSPS) is 10.9. The first kappa shape index (κ1) is 17.8. The average molecular weight is 375 g/mol. The van der Waals surface area contributed by atoms with Crippen molar-refractivity contribution in [2.45, 2.75) is 13.8 Å². The van der Waals surface area contributed by atoms with Crippen molar-refractivity contribution >= 4 is 28.3 Å². The lowest BCUT2D eigenvalue weighted by atomic mass is 10.2. The van der Waals surface area contributed by atoms with Gasteiger partial charge in [0, 0.05) is 24.5 Å². The second-order valence-electron chi connectivity index (χ2n) is 6.31. The van der Waals surface area contributed by atoms with Crippen LogP contribution in [0.15, 0.2) is 65.3 Å². The minimum Gasteiger partial charge on any atom is -0.459 e. The number of anilines is 2. The zero-order valence-electron chi connectivity index (χ0n) is 15.8. The van der Waals surface area contributed by atoms with E-state index in [0.29, 0.717) is 11.2 Å². The van der Waals surface area contributed by atoms with Crippen LogP contribution in [-0.2, 0) is 0 Å². The number of hydrogen-bond acceptors (Lipinski definition) is 5. The fraction of sp³-hybridized carbons (Fsp3) is 0.190. The lowest BCUT2D eigenvalue weighted by Crippen LogP contribution is -2.21. The van der Waals surface area contributed by atoms with Crippen molar-refractivity contribution in [3.8, 4) is 5.69 Å². The Bertz CT molecular complexity index is 1080. The van der Waals surface area contributed by atoms with Gasteiger partial charge in [-0.05, 0) is 68.4 Å². The smallest absolute Gasteiger partial charge is 0.291 e. The number of benzene rings is 2. The number of carbonyl (C=O) groups excluding carboxylic acids is 1. The van der Waals surface area contributed by atoms with Gasteiger partial charge in [-0.3, -0.25) is 4.79 Å². The van der Waals surface area contributed by atoms with Gasteiger partial charge in [0.2, 0.25) is 0 Å². The summed E-state index contributed by atoms with van der Waals surface area (Å²) >= 11 is 0. The van der Waals surface area contributed by atoms with Crippen LogP contribution in [-0.4, -0.2) is 34.0 Å². The van der Waals surface area contributed by atoms with E-state index < -0.39 is 0 Å². The monoisotopic (exact) mass is 375 g/mol. The summed E-state index contributed by atoms with van der Waals surface area (Å²) in [5.74, 6) is -0.0409. The molecule has 7 nitrogen and oxygen atoms in total. The number of fused-ring (bicyclic) bond motifs is 1. The van der Waals surface area contributed by atoms with Gasteiger partial charge in [-0.1, -0.05) is 0 Å². The first-order valence-electron chi connectivity index (χ1n) is 9.25. The molecule has 2 aromatic carbocycles. The van der Waals surface area contributed by atoms with Crippen LogP contribution in [0.3, 0.4) is 0 Å². The highest BCUT2D eigenvalue weighted by molar-refractivity contribution is 6.03. The van der Waals surface area contributed by atoms with Crippen LogP contribution in [0.4, 0.5) is 11.4 Å². The van der Waals surface area contributed by atoms with Crippen LogP contribution in [0.1, 0.15) is 24.4 Å². The Morgan fingerprint density at radius 2 is 1.79 bits per heavy atom. The lowest BCUT2D eigenvalue weighted by Gasteiger charge is -2.20. The number of hydrogen-bond donors (Lipinski definition) is 1. The Kier molecular flexibility index (Phi) is 4.80. The molecule has 0 aliphatic rings. The summed E-state index contributed by atoms with van der Waals surface area (Å²) < 4.78 is 5.11. The van der Waals surface area contributed by atoms with Gasteiger partial charge in [-0.15, -0.1) is 10.2 Å². The van der Waals surface area contributed by atoms with Gasteiger partial charge >= 0.3 is 0 Å². The summed E-state index contributed by atoms with van der Waals surface area (Å²) in [5, 5.41) is 11.9. The first-order chi connectivity index (χ1) is 13.7. The molecule has 0 saturated heterocycles. The third-order valence-electron chi connectivity index (χ3n) is 4.59. The second kappa shape index (κ2) is 7.56. The summed E-state index contributed by atoms with van der Waals surface area (Å²) in [7, 11) is 0. The molecule has 0 aliphatic heterocycles. The van der Waals surface area contributed by atoms with Gasteiger partial charge in [-0.25, -0.2) is 0 Å². The fourth-order valence-electron chi connectivity index (χ4n) is 3.09. The Morgan fingerprint density at radius 1 is 1.04 bits per heavy atom. The molecule has 0 unspecified atom stereocenters. The van der Waals surface area contributed by atoms with Gasteiger partial charge in [-0.2, -0.15) is 4.80 Å². The van der Waals surface area contributed by atoms with Crippen molar-refractivity contribution in [2.24, 2.45) is 0 Å². The zero-order valence-corrected chi connectivity index (χ0v) is 15.8. The molecule has 4 aromatic rings. The lowest BCUT2D eigenvalue weighted by molar-refractivity contribution is 0.0996. The zero-order chi connectivity index (χ0) is 19.5. The standard InChI is InChI=1S/C21H21N5O2/c1-3-25(4-2)16-8-10-17(11-9-16)26-23-18-12-7-15(14-19(18)24-26)22-21(27)20-6-5-13-28-20/h5-14H,3-4H2,1-2H3,(H,22,27). The molecule has 28 heavy (non-hydrogen) atoms. The van der Waals surface area contributed by atoms with E-state index >= 15 is 0 Å². The molecule has 1 amide bonds. The summed E-state index contributed by atoms with van der Waals surface area (Å²) in [4.78, 5) is 16.0. The fourth-order valence-corrected chi connectivity index (χ4v) is 3.09. The minimum absolute atomic E-state index is 0.261. The molecule has 2 aromatic heterocycles. The molecule has 4 rings (SSSR count). The van der Waals surface area contributed by atoms with Crippen LogP contribution >= 0.6 is 0 Å². The van der Waals surface area contributed by atoms with Gasteiger partial charge in [0.25, 0.3) is 5.91 Å². The number of aromatic nitrogens is 3. The summed E-state index contributed by atoms with van der Waals surface area (Å²) in [6.07, 6.45) is 1.47. The van der Waals surface area contributed by atoms with Crippen molar-refractivity contribution in [1.29, 1.82) is 0 Å². The molecular formula is C21H21N5O2. The summed E-state index contributed by atoms with van der Waals surface area (Å²) in [6, 6.07) is 16.9. The van der Waals surface area contributed by atoms with Crippen molar-refractivity contribution < 1.29 is 9.21 Å². The minimum atomic E-state index is -0.302. The van der Waals surface area contributed by atoms with Crippen LogP contribution in [0.5, 0.6) is 0 Å². The van der Waals surface area contributed by atoms with E-state index in [1.165, 1.54) is 12.0 Å². The average Bonchev–Trinajstić information content (AvgIpc) is 3.39. The highest BCUT2D eigenvalue weighted by atomic mass is 16.3. The summed E-state index contributed by atoms with van der Waals surface area (Å²) in [5.41, 5.74) is 4.15. The van der Waals surface area contributed by atoms with E-state index in [4.69, 9.17) is 4.42 Å². The highest BCUT2D eigenvalue weighted by Crippen LogP contribution is 2.20. The largest absolute Gasteiger partial charge is 0.459 e. The van der Waals surface area contributed by atoms with Crippen molar-refractivity contribution in [3.63, 3.8) is 0 Å². The third kappa shape index (κ3) is 3.46. The highest BCUT2D eigenvalue weighted by Gasteiger charge is 2.11. The van der Waals surface area contributed by atoms with E-state index in [1.807, 2.05) is 18.2 Å². The van der Waals surface area contributed by atoms with Crippen LogP contribution in [0, 0.1) is 0 Å². The van der Waals surface area contributed by atoms with E-state index in [9.17, 15) is 4.79 Å². The number of furan rings is 1. The maximum atomic E-state index is 12.1. The summed E-state index contributed by atoms with van der Waals surface area (Å²) in [6.45, 7) is 6.21. The maximum Gasteiger partial charge on any atom is 0.291 e. The molecule has 0 saturated carbocycles. The quantitative estimate of drug-likeness (QED) is 0.549. The number of nitrogens with one attached hydrogen (secondary N) is 1. The van der Waals surface area contributed by atoms with E-state index in [1.54, 1.807) is 29.1 Å². The van der Waals surface area contributed by atoms with Crippen LogP contribution in [0.25, 0.3) is 16.7 Å². The molecular weight excluding hydrogens is 354 g/mol. The Hall–Kier alpha value is -3.61. The van der Waals surface area contributed by atoms with Gasteiger partial charge in [0.1, 0.15) is 11.0 Å². The Balaban J connectivity index is 1.57. The molecule has 7 heteroatoms. The Morgan fingerprint density at radius 3 is 2.46 bits per heavy atom. The molecule has 0 fully saturated rings. The van der Waals surface area contributed by atoms with Gasteiger partial charge in [0.15, 0.2) is 5.76 Å². The Labute approximate surface area is 162 Å². The molecule has 0 bridgehead atoms. The molecule has 1 N–H and O–H groups in total. The third-order valence-corrected chi connectivity index (χ3v) is 4.59. The van der Waals surface area contributed by atoms with Crippen molar-refractivity contribution in [3.05, 3.63) is 66.6 Å². The molecule has 0 atom stereocenters. The molecule has 0 aliphatic carbocycles. The van der Waals surface area contributed by atoms with E-state index in [-0.39, 0.29) is 11.7 Å². The van der Waals surface area contributed by atoms with Crippen molar-refractivity contribution in [1.82, 2.24) is 15.0 Å².